The molecule has 8 rings (SSSR count). The van der Waals surface area contributed by atoms with Crippen LogP contribution in [0.5, 0.6) is 0 Å². The van der Waals surface area contributed by atoms with Crippen molar-refractivity contribution in [3.8, 4) is 11.3 Å². The molecule has 4 aliphatic rings. The molecule has 0 amide bonds. The Balaban J connectivity index is 1.46. The van der Waals surface area contributed by atoms with Crippen molar-refractivity contribution in [2.45, 2.75) is 49.6 Å². The maximum Gasteiger partial charge on any atom is 0.508 e. The van der Waals surface area contributed by atoms with Gasteiger partial charge in [0.2, 0.25) is 0 Å². The lowest BCUT2D eigenvalue weighted by molar-refractivity contribution is -0.0366. The second-order valence-corrected chi connectivity index (χ2v) is 11.9. The second kappa shape index (κ2) is 12.0. The van der Waals surface area contributed by atoms with E-state index in [0.717, 1.165) is 24.8 Å². The van der Waals surface area contributed by atoms with E-state index in [0.29, 0.717) is 77.0 Å². The highest BCUT2D eigenvalue weighted by molar-refractivity contribution is 7.98. The molecule has 3 aromatic heterocycles. The molecule has 1 aromatic carbocycles. The van der Waals surface area contributed by atoms with Crippen LogP contribution >= 0.6 is 23.4 Å². The summed E-state index contributed by atoms with van der Waals surface area (Å²) in [6, 6.07) is 1.84. The van der Waals surface area contributed by atoms with Gasteiger partial charge in [0.25, 0.3) is 0 Å². The average molecular weight is 629 g/mol. The Labute approximate surface area is 256 Å². The standard InChI is InChI=1S/C29H30ClFN6O5S/c1-43-28-34-25-19-12-32-26(24(25)31)23-17(20(30)11-21-18(23)13-33-37(21)22-6-2-3-8-40-22)5-4-9-41-29(38)42-16-14-36(27(19)35-28)7-10-39-15-16/h11-13,16,22H,2-10,14-15H2,1H3/t16-,22?/m0/s1. The summed E-state index contributed by atoms with van der Waals surface area (Å²) in [5, 5.41) is 6.65. The van der Waals surface area contributed by atoms with Crippen molar-refractivity contribution < 1.29 is 28.1 Å². The Kier molecular flexibility index (Phi) is 7.97. The molecule has 2 fully saturated rings. The average Bonchev–Trinajstić information content (AvgIpc) is 3.29. The van der Waals surface area contributed by atoms with E-state index in [1.165, 1.54) is 11.8 Å². The van der Waals surface area contributed by atoms with Crippen molar-refractivity contribution in [1.29, 1.82) is 0 Å². The van der Waals surface area contributed by atoms with Crippen LogP contribution in [-0.2, 0) is 25.4 Å². The van der Waals surface area contributed by atoms with Crippen LogP contribution in [0.1, 0.15) is 37.5 Å². The lowest BCUT2D eigenvalue weighted by Crippen LogP contribution is -2.36. The summed E-state index contributed by atoms with van der Waals surface area (Å²) in [6.45, 7) is 2.07. The molecular weight excluding hydrogens is 599 g/mol. The smallest absolute Gasteiger partial charge is 0.434 e. The van der Waals surface area contributed by atoms with Crippen molar-refractivity contribution in [1.82, 2.24) is 24.7 Å². The number of pyridine rings is 1. The fraction of sp³-hybridized carbons (Fsp3) is 0.483. The van der Waals surface area contributed by atoms with Crippen LogP contribution in [0.15, 0.2) is 23.6 Å². The Bertz CT molecular complexity index is 1700. The number of hydrogen-bond donors (Lipinski definition) is 0. The maximum atomic E-state index is 16.8. The molecule has 6 bridgehead atoms. The molecule has 11 nitrogen and oxygen atoms in total. The van der Waals surface area contributed by atoms with Crippen LogP contribution in [0.25, 0.3) is 33.1 Å². The number of aromatic nitrogens is 5. The third-order valence-electron chi connectivity index (χ3n) is 8.04. The summed E-state index contributed by atoms with van der Waals surface area (Å²) >= 11 is 8.25. The Morgan fingerprint density at radius 2 is 2.02 bits per heavy atom. The molecule has 7 heterocycles. The molecule has 0 saturated carbocycles. The highest BCUT2D eigenvalue weighted by Gasteiger charge is 2.29. The summed E-state index contributed by atoms with van der Waals surface area (Å²) in [5.41, 5.74) is 2.22. The van der Waals surface area contributed by atoms with Crippen LogP contribution in [0, 0.1) is 5.82 Å². The van der Waals surface area contributed by atoms with E-state index >= 15 is 4.39 Å². The first kappa shape index (κ1) is 28.5. The van der Waals surface area contributed by atoms with Gasteiger partial charge in [0.1, 0.15) is 23.1 Å². The van der Waals surface area contributed by atoms with Crippen LogP contribution < -0.4 is 4.90 Å². The number of halogens is 2. The first-order valence-corrected chi connectivity index (χ1v) is 16.0. The normalized spacial score (nSPS) is 21.6. The van der Waals surface area contributed by atoms with Crippen LogP contribution in [-0.4, -0.2) is 82.8 Å². The molecule has 4 aromatic rings. The first-order chi connectivity index (χ1) is 21.0. The Hall–Kier alpha value is -3.26. The molecule has 14 heteroatoms. The predicted molar refractivity (Wildman–Crippen MR) is 159 cm³/mol. The number of rotatable bonds is 2. The SMILES string of the molecule is CSc1nc2c3cnc(c(F)c3n1)-c1c(c(Cl)cc3c1cnn3C1CCCCO1)CCCOC(=O)O[C@@H]1COCCN2C1. The minimum atomic E-state index is -0.772. The number of thioether (sulfide) groups is 1. The van der Waals surface area contributed by atoms with Crippen LogP contribution in [0.3, 0.4) is 0 Å². The molecule has 4 aliphatic heterocycles. The van der Waals surface area contributed by atoms with Gasteiger partial charge in [-0.3, -0.25) is 4.98 Å². The summed E-state index contributed by atoms with van der Waals surface area (Å²) in [4.78, 5) is 28.5. The third kappa shape index (κ3) is 5.36. The van der Waals surface area contributed by atoms with Crippen molar-refractivity contribution in [2.24, 2.45) is 0 Å². The first-order valence-electron chi connectivity index (χ1n) is 14.4. The number of ether oxygens (including phenoxy) is 4. The van der Waals surface area contributed by atoms with Gasteiger partial charge in [-0.15, -0.1) is 0 Å². The van der Waals surface area contributed by atoms with E-state index in [9.17, 15) is 4.79 Å². The zero-order valence-electron chi connectivity index (χ0n) is 23.6. The number of hydrogen-bond acceptors (Lipinski definition) is 11. The predicted octanol–water partition coefficient (Wildman–Crippen LogP) is 5.56. The Morgan fingerprint density at radius 1 is 1.12 bits per heavy atom. The molecular formula is C29H30ClFN6O5S. The topological polar surface area (TPSA) is 114 Å². The van der Waals surface area contributed by atoms with Gasteiger partial charge < -0.3 is 23.8 Å². The number of benzene rings is 1. The zero-order valence-corrected chi connectivity index (χ0v) is 25.1. The van der Waals surface area contributed by atoms with Gasteiger partial charge in [0.15, 0.2) is 17.2 Å². The number of fused-ring (bicyclic) bond motifs is 7. The Morgan fingerprint density at radius 3 is 2.86 bits per heavy atom. The maximum absolute atomic E-state index is 16.8. The van der Waals surface area contributed by atoms with Gasteiger partial charge in [-0.1, -0.05) is 23.4 Å². The molecule has 2 atom stereocenters. The monoisotopic (exact) mass is 628 g/mol. The minimum absolute atomic E-state index is 0.0906. The molecule has 226 valence electrons. The quantitative estimate of drug-likeness (QED) is 0.158. The summed E-state index contributed by atoms with van der Waals surface area (Å²) in [5.74, 6) is -0.0779. The van der Waals surface area contributed by atoms with E-state index in [2.05, 4.69) is 10.1 Å². The van der Waals surface area contributed by atoms with Gasteiger partial charge in [0.05, 0.1) is 43.5 Å². The van der Waals surface area contributed by atoms with Gasteiger partial charge >= 0.3 is 6.16 Å². The van der Waals surface area contributed by atoms with Crippen molar-refractivity contribution in [2.75, 3.05) is 50.7 Å². The van der Waals surface area contributed by atoms with E-state index in [-0.39, 0.29) is 30.7 Å². The fourth-order valence-corrected chi connectivity index (χ4v) is 6.66. The summed E-state index contributed by atoms with van der Waals surface area (Å²) in [7, 11) is 0. The van der Waals surface area contributed by atoms with Gasteiger partial charge in [-0.05, 0) is 50.0 Å². The van der Waals surface area contributed by atoms with Gasteiger partial charge in [0, 0.05) is 35.3 Å². The third-order valence-corrected chi connectivity index (χ3v) is 8.92. The van der Waals surface area contributed by atoms with Crippen LogP contribution in [0.2, 0.25) is 5.02 Å². The van der Waals surface area contributed by atoms with Crippen molar-refractivity contribution in [3.05, 3.63) is 34.9 Å². The fourth-order valence-electron chi connectivity index (χ4n) is 6.00. The van der Waals surface area contributed by atoms with E-state index in [1.54, 1.807) is 12.4 Å². The molecule has 0 radical (unpaired) electrons. The molecule has 43 heavy (non-hydrogen) atoms. The number of carbonyl (C=O) groups is 1. The largest absolute Gasteiger partial charge is 0.508 e. The van der Waals surface area contributed by atoms with E-state index in [4.69, 9.17) is 40.5 Å². The highest BCUT2D eigenvalue weighted by Crippen LogP contribution is 2.41. The van der Waals surface area contributed by atoms with Gasteiger partial charge in [-0.25, -0.2) is 23.8 Å². The van der Waals surface area contributed by atoms with Crippen molar-refractivity contribution >= 4 is 57.1 Å². The summed E-state index contributed by atoms with van der Waals surface area (Å²) in [6.07, 6.45) is 7.23. The highest BCUT2D eigenvalue weighted by atomic mass is 35.5. The number of carbonyl (C=O) groups excluding carboxylic acids is 1. The zero-order chi connectivity index (χ0) is 29.5. The van der Waals surface area contributed by atoms with E-state index < -0.39 is 18.1 Å². The number of anilines is 1. The number of nitrogens with zero attached hydrogens (tertiary/aromatic N) is 6. The molecule has 0 aliphatic carbocycles. The van der Waals surface area contributed by atoms with Crippen LogP contribution in [0.4, 0.5) is 15.0 Å². The molecule has 1 unspecified atom stereocenters. The van der Waals surface area contributed by atoms with E-state index in [1.807, 2.05) is 21.9 Å². The molecule has 0 N–H and O–H groups in total. The second-order valence-electron chi connectivity index (χ2n) is 10.7. The lowest BCUT2D eigenvalue weighted by Gasteiger charge is -2.26. The molecule has 0 spiro atoms. The van der Waals surface area contributed by atoms with Crippen molar-refractivity contribution in [3.63, 3.8) is 0 Å². The molecule has 2 saturated heterocycles. The van der Waals surface area contributed by atoms with Gasteiger partial charge in [-0.2, -0.15) is 5.10 Å². The lowest BCUT2D eigenvalue weighted by atomic mass is 9.95. The summed E-state index contributed by atoms with van der Waals surface area (Å²) < 4.78 is 41.4. The minimum Gasteiger partial charge on any atom is -0.434 e.